The van der Waals surface area contributed by atoms with Gasteiger partial charge in [-0.3, -0.25) is 0 Å². The molecular weight excluding hydrogens is 775 g/mol. The average molecular weight is 816 g/mol. The minimum absolute atomic E-state index is 0.887. The standard InChI is InChI=1S/C62H41NO/c1-4-15-42(16-5-1)49-37-50(43-17-6-2-7-18-43)39-53(38-49)63(52-34-29-46(30-35-52)59-41-48-21-10-11-22-54(48)56-23-12-13-24-57(56)59)51-32-27-44(28-33-51)47-31-36-61-60(40-47)58-26-14-25-55(62(58)64-61)45-19-8-3-9-20-45/h1-41H. The minimum Gasteiger partial charge on any atom is -0.455 e. The highest BCUT2D eigenvalue weighted by Crippen LogP contribution is 2.43. The second kappa shape index (κ2) is 15.8. The molecule has 2 nitrogen and oxygen atoms in total. The maximum Gasteiger partial charge on any atom is 0.143 e. The molecule has 0 aliphatic heterocycles. The molecule has 0 fully saturated rings. The molecule has 0 bridgehead atoms. The van der Waals surface area contributed by atoms with Gasteiger partial charge in [-0.2, -0.15) is 0 Å². The van der Waals surface area contributed by atoms with Crippen LogP contribution in [0.2, 0.25) is 0 Å². The zero-order valence-corrected chi connectivity index (χ0v) is 35.0. The Kier molecular flexibility index (Phi) is 9.20. The van der Waals surface area contributed by atoms with Crippen molar-refractivity contribution in [2.24, 2.45) is 0 Å². The van der Waals surface area contributed by atoms with Gasteiger partial charge < -0.3 is 9.32 Å². The molecule has 0 aliphatic rings. The molecule has 0 aliphatic carbocycles. The molecule has 0 saturated carbocycles. The Labute approximate surface area is 372 Å². The predicted molar refractivity (Wildman–Crippen MR) is 271 cm³/mol. The SMILES string of the molecule is c1ccc(-c2cc(-c3ccccc3)cc(N(c3ccc(-c4ccc5oc6c(-c7ccccc7)cccc6c5c4)cc3)c3ccc(-c4cc5ccccc5c5ccccc45)cc3)c2)cc1. The van der Waals surface area contributed by atoms with Crippen molar-refractivity contribution in [2.75, 3.05) is 4.90 Å². The summed E-state index contributed by atoms with van der Waals surface area (Å²) in [5, 5.41) is 7.27. The van der Waals surface area contributed by atoms with Crippen LogP contribution < -0.4 is 4.90 Å². The van der Waals surface area contributed by atoms with E-state index in [2.05, 4.69) is 248 Å². The van der Waals surface area contributed by atoms with E-state index in [-0.39, 0.29) is 0 Å². The topological polar surface area (TPSA) is 16.4 Å². The van der Waals surface area contributed by atoms with Crippen LogP contribution in [0.5, 0.6) is 0 Å². The van der Waals surface area contributed by atoms with Crippen molar-refractivity contribution >= 4 is 60.5 Å². The lowest BCUT2D eigenvalue weighted by atomic mass is 9.93. The van der Waals surface area contributed by atoms with Crippen LogP contribution in [0.4, 0.5) is 17.1 Å². The number of rotatable bonds is 8. The summed E-state index contributed by atoms with van der Waals surface area (Å²) in [7, 11) is 0. The molecule has 1 aromatic heterocycles. The fourth-order valence-electron chi connectivity index (χ4n) is 9.49. The van der Waals surface area contributed by atoms with Gasteiger partial charge >= 0.3 is 0 Å². The Bertz CT molecular complexity index is 3570. The number of furan rings is 1. The Balaban J connectivity index is 0.985. The van der Waals surface area contributed by atoms with Crippen LogP contribution >= 0.6 is 0 Å². The van der Waals surface area contributed by atoms with E-state index in [0.29, 0.717) is 0 Å². The minimum atomic E-state index is 0.887. The molecule has 0 N–H and O–H groups in total. The molecule has 0 spiro atoms. The molecule has 1 heterocycles. The molecule has 300 valence electrons. The molecule has 0 atom stereocenters. The summed E-state index contributed by atoms with van der Waals surface area (Å²) in [5.41, 5.74) is 16.6. The normalized spacial score (nSPS) is 11.4. The molecule has 12 aromatic rings. The maximum absolute atomic E-state index is 6.53. The predicted octanol–water partition coefficient (Wildman–Crippen LogP) is 17.7. The monoisotopic (exact) mass is 815 g/mol. The van der Waals surface area contributed by atoms with Crippen molar-refractivity contribution in [3.05, 3.63) is 249 Å². The molecule has 12 rings (SSSR count). The fourth-order valence-corrected chi connectivity index (χ4v) is 9.49. The highest BCUT2D eigenvalue weighted by atomic mass is 16.3. The molecule has 2 heteroatoms. The van der Waals surface area contributed by atoms with E-state index in [1.165, 1.54) is 43.8 Å². The van der Waals surface area contributed by atoms with Gasteiger partial charge in [0.2, 0.25) is 0 Å². The summed E-state index contributed by atoms with van der Waals surface area (Å²) in [6, 6.07) is 89.7. The van der Waals surface area contributed by atoms with Crippen molar-refractivity contribution < 1.29 is 4.42 Å². The number of para-hydroxylation sites is 1. The van der Waals surface area contributed by atoms with Gasteiger partial charge in [0, 0.05) is 33.4 Å². The molecule has 0 amide bonds. The van der Waals surface area contributed by atoms with Crippen molar-refractivity contribution in [2.45, 2.75) is 0 Å². The lowest BCUT2D eigenvalue weighted by Gasteiger charge is -2.27. The van der Waals surface area contributed by atoms with Gasteiger partial charge in [-0.15, -0.1) is 0 Å². The average Bonchev–Trinajstić information content (AvgIpc) is 3.76. The smallest absolute Gasteiger partial charge is 0.143 e. The lowest BCUT2D eigenvalue weighted by molar-refractivity contribution is 0.670. The lowest BCUT2D eigenvalue weighted by Crippen LogP contribution is -2.10. The van der Waals surface area contributed by atoms with Crippen LogP contribution in [-0.4, -0.2) is 0 Å². The van der Waals surface area contributed by atoms with E-state index < -0.39 is 0 Å². The summed E-state index contributed by atoms with van der Waals surface area (Å²) >= 11 is 0. The van der Waals surface area contributed by atoms with Crippen molar-refractivity contribution in [1.82, 2.24) is 0 Å². The zero-order valence-electron chi connectivity index (χ0n) is 35.0. The third kappa shape index (κ3) is 6.70. The van der Waals surface area contributed by atoms with E-state index in [1.807, 2.05) is 6.07 Å². The van der Waals surface area contributed by atoms with Crippen LogP contribution in [0.25, 0.3) is 99.1 Å². The summed E-state index contributed by atoms with van der Waals surface area (Å²) in [6.45, 7) is 0. The Morgan fingerprint density at radius 1 is 0.250 bits per heavy atom. The van der Waals surface area contributed by atoms with Gasteiger partial charge in [0.15, 0.2) is 0 Å². The number of anilines is 3. The summed E-state index contributed by atoms with van der Waals surface area (Å²) in [5.74, 6) is 0. The maximum atomic E-state index is 6.53. The molecule has 11 aromatic carbocycles. The highest BCUT2D eigenvalue weighted by molar-refractivity contribution is 6.14. The summed E-state index contributed by atoms with van der Waals surface area (Å²) in [4.78, 5) is 2.39. The first kappa shape index (κ1) is 37.3. The van der Waals surface area contributed by atoms with Gasteiger partial charge in [0.05, 0.1) is 0 Å². The Morgan fingerprint density at radius 3 is 1.41 bits per heavy atom. The molecular formula is C62H41NO. The molecule has 64 heavy (non-hydrogen) atoms. The Hall–Kier alpha value is -8.46. The van der Waals surface area contributed by atoms with Crippen LogP contribution in [0.3, 0.4) is 0 Å². The van der Waals surface area contributed by atoms with Gasteiger partial charge in [0.25, 0.3) is 0 Å². The molecule has 0 unspecified atom stereocenters. The van der Waals surface area contributed by atoms with Gasteiger partial charge in [0.1, 0.15) is 11.2 Å². The molecule has 0 saturated heterocycles. The number of fused-ring (bicyclic) bond motifs is 6. The largest absolute Gasteiger partial charge is 0.455 e. The second-order valence-electron chi connectivity index (χ2n) is 16.5. The first-order valence-corrected chi connectivity index (χ1v) is 21.9. The molecule has 0 radical (unpaired) electrons. The number of benzene rings is 11. The fraction of sp³-hybridized carbons (Fsp3) is 0. The van der Waals surface area contributed by atoms with E-state index in [0.717, 1.165) is 72.4 Å². The second-order valence-corrected chi connectivity index (χ2v) is 16.5. The zero-order chi connectivity index (χ0) is 42.4. The van der Waals surface area contributed by atoms with E-state index in [4.69, 9.17) is 4.42 Å². The summed E-state index contributed by atoms with van der Waals surface area (Å²) in [6.07, 6.45) is 0. The number of nitrogens with zero attached hydrogens (tertiary/aromatic N) is 1. The van der Waals surface area contributed by atoms with Crippen LogP contribution in [-0.2, 0) is 0 Å². The number of hydrogen-bond donors (Lipinski definition) is 0. The van der Waals surface area contributed by atoms with E-state index in [1.54, 1.807) is 0 Å². The van der Waals surface area contributed by atoms with Crippen molar-refractivity contribution in [3.8, 4) is 55.6 Å². The summed E-state index contributed by atoms with van der Waals surface area (Å²) < 4.78 is 6.53. The van der Waals surface area contributed by atoms with E-state index in [9.17, 15) is 0 Å². The van der Waals surface area contributed by atoms with Gasteiger partial charge in [-0.05, 0) is 132 Å². The quantitative estimate of drug-likeness (QED) is 0.142. The van der Waals surface area contributed by atoms with Crippen molar-refractivity contribution in [1.29, 1.82) is 0 Å². The van der Waals surface area contributed by atoms with E-state index >= 15 is 0 Å². The van der Waals surface area contributed by atoms with Crippen LogP contribution in [0.15, 0.2) is 253 Å². The first-order chi connectivity index (χ1) is 31.7. The highest BCUT2D eigenvalue weighted by Gasteiger charge is 2.18. The van der Waals surface area contributed by atoms with Gasteiger partial charge in [-0.25, -0.2) is 0 Å². The van der Waals surface area contributed by atoms with Gasteiger partial charge in [-0.1, -0.05) is 188 Å². The van der Waals surface area contributed by atoms with Crippen molar-refractivity contribution in [3.63, 3.8) is 0 Å². The van der Waals surface area contributed by atoms with Crippen LogP contribution in [0, 0.1) is 0 Å². The van der Waals surface area contributed by atoms with Crippen LogP contribution in [0.1, 0.15) is 0 Å². The Morgan fingerprint density at radius 2 is 0.750 bits per heavy atom. The first-order valence-electron chi connectivity index (χ1n) is 21.9. The third-order valence-corrected chi connectivity index (χ3v) is 12.6. The third-order valence-electron chi connectivity index (χ3n) is 12.6. The number of hydrogen-bond acceptors (Lipinski definition) is 2.